The number of likely N-dealkylation sites (N-methyl/N-ethyl adjacent to an activating group) is 1. The molecule has 0 radical (unpaired) electrons. The maximum Gasteiger partial charge on any atom is 0.573 e. The van der Waals surface area contributed by atoms with Gasteiger partial charge in [0.15, 0.2) is 0 Å². The number of fused-ring (bicyclic) bond motifs is 1. The molecule has 36 heavy (non-hydrogen) atoms. The highest BCUT2D eigenvalue weighted by Gasteiger charge is 2.49. The Labute approximate surface area is 210 Å². The van der Waals surface area contributed by atoms with E-state index in [0.717, 1.165) is 12.1 Å². The molecule has 200 valence electrons. The van der Waals surface area contributed by atoms with Crippen molar-refractivity contribution in [3.63, 3.8) is 0 Å². The Morgan fingerprint density at radius 2 is 1.75 bits per heavy atom. The normalized spacial score (nSPS) is 25.2. The van der Waals surface area contributed by atoms with Gasteiger partial charge in [-0.3, -0.25) is 14.5 Å². The third-order valence-corrected chi connectivity index (χ3v) is 7.50. The molecule has 0 aliphatic carbocycles. The van der Waals surface area contributed by atoms with Crippen molar-refractivity contribution >= 4 is 11.8 Å². The Bertz CT molecular complexity index is 925. The number of likely N-dealkylation sites (tertiary alicyclic amines) is 1. The maximum atomic E-state index is 13.3. The van der Waals surface area contributed by atoms with Gasteiger partial charge in [-0.05, 0) is 49.4 Å². The predicted molar refractivity (Wildman–Crippen MR) is 129 cm³/mol. The van der Waals surface area contributed by atoms with Gasteiger partial charge < -0.3 is 19.9 Å². The number of hydrogen-bond acceptors (Lipinski definition) is 5. The molecule has 0 aromatic heterocycles. The molecule has 1 aromatic carbocycles. The lowest BCUT2D eigenvalue weighted by Gasteiger charge is -2.41. The van der Waals surface area contributed by atoms with Crippen LogP contribution in [0.3, 0.4) is 0 Å². The number of alkyl halides is 3. The van der Waals surface area contributed by atoms with Crippen LogP contribution in [0.15, 0.2) is 24.3 Å². The molecule has 2 amide bonds. The molecule has 0 bridgehead atoms. The number of rotatable bonds is 5. The van der Waals surface area contributed by atoms with Crippen LogP contribution in [0.25, 0.3) is 0 Å². The van der Waals surface area contributed by atoms with E-state index >= 15 is 0 Å². The maximum absolute atomic E-state index is 13.3. The summed E-state index contributed by atoms with van der Waals surface area (Å²) in [4.78, 5) is 32.8. The first-order valence-corrected chi connectivity index (χ1v) is 12.6. The number of halogens is 3. The molecule has 0 saturated carbocycles. The molecule has 1 spiro atoms. The number of piperidine rings is 1. The second-order valence-electron chi connectivity index (χ2n) is 11.8. The highest BCUT2D eigenvalue weighted by atomic mass is 19.4. The zero-order valence-corrected chi connectivity index (χ0v) is 21.5. The van der Waals surface area contributed by atoms with E-state index in [9.17, 15) is 22.8 Å². The van der Waals surface area contributed by atoms with Crippen LogP contribution >= 0.6 is 0 Å². The number of nitrogens with one attached hydrogen (secondary N) is 1. The Kier molecular flexibility index (Phi) is 7.31. The fourth-order valence-electron chi connectivity index (χ4n) is 5.81. The molecule has 2 atom stereocenters. The number of carbonyl (C=O) groups is 2. The Hall–Kier alpha value is -2.33. The quantitative estimate of drug-likeness (QED) is 0.658. The molecule has 3 aliphatic heterocycles. The Morgan fingerprint density at radius 3 is 2.33 bits per heavy atom. The first kappa shape index (κ1) is 26.7. The molecule has 1 N–H and O–H groups in total. The van der Waals surface area contributed by atoms with E-state index < -0.39 is 17.9 Å². The van der Waals surface area contributed by atoms with Crippen molar-refractivity contribution in [1.82, 2.24) is 20.0 Å². The van der Waals surface area contributed by atoms with Crippen LogP contribution in [-0.2, 0) is 16.1 Å². The highest BCUT2D eigenvalue weighted by Crippen LogP contribution is 2.34. The van der Waals surface area contributed by atoms with E-state index in [2.05, 4.69) is 47.7 Å². The monoisotopic (exact) mass is 510 g/mol. The summed E-state index contributed by atoms with van der Waals surface area (Å²) in [5.74, 6) is -0.254. The van der Waals surface area contributed by atoms with Crippen molar-refractivity contribution in [2.45, 2.75) is 77.0 Å². The number of carbonyl (C=O) groups excluding carboxylic acids is 2. The Morgan fingerprint density at radius 1 is 1.11 bits per heavy atom. The van der Waals surface area contributed by atoms with Gasteiger partial charge in [-0.2, -0.15) is 0 Å². The summed E-state index contributed by atoms with van der Waals surface area (Å²) in [5.41, 5.74) is 0.483. The molecule has 3 aliphatic rings. The number of benzene rings is 1. The summed E-state index contributed by atoms with van der Waals surface area (Å²) in [6.45, 7) is 9.99. The third-order valence-electron chi connectivity index (χ3n) is 7.50. The van der Waals surface area contributed by atoms with Crippen molar-refractivity contribution in [3.8, 4) is 5.75 Å². The van der Waals surface area contributed by atoms with Crippen LogP contribution in [0, 0.1) is 5.41 Å². The second-order valence-corrected chi connectivity index (χ2v) is 11.8. The second kappa shape index (κ2) is 9.85. The molecule has 1 aromatic rings. The smallest absolute Gasteiger partial charge is 0.406 e. The number of nitrogens with zero attached hydrogens (tertiary/aromatic N) is 3. The van der Waals surface area contributed by atoms with Gasteiger partial charge in [-0.25, -0.2) is 0 Å². The lowest BCUT2D eigenvalue weighted by Crippen LogP contribution is -2.56. The van der Waals surface area contributed by atoms with Crippen LogP contribution < -0.4 is 10.1 Å². The van der Waals surface area contributed by atoms with Gasteiger partial charge in [0.05, 0.1) is 12.0 Å². The first-order valence-electron chi connectivity index (χ1n) is 12.6. The molecule has 3 saturated heterocycles. The minimum Gasteiger partial charge on any atom is -0.406 e. The molecule has 4 rings (SSSR count). The van der Waals surface area contributed by atoms with Crippen molar-refractivity contribution in [1.29, 1.82) is 0 Å². The van der Waals surface area contributed by atoms with Crippen LogP contribution in [0.4, 0.5) is 13.2 Å². The summed E-state index contributed by atoms with van der Waals surface area (Å²) >= 11 is 0. The standard InChI is InChI=1S/C26H37F3N4O3/c1-24(2,3)17-31(4)19-13-21-23(35)30-25(14-22(34)33(21)16-19)9-11-32(12-10-25)15-18-5-7-20(8-6-18)36-26(27,28)29/h5-8,19,21H,9-17H2,1-4H3,(H,30,35)/t19-,21-/m0/s1. The summed E-state index contributed by atoms with van der Waals surface area (Å²) in [6.07, 6.45) is -2.42. The van der Waals surface area contributed by atoms with Crippen LogP contribution in [0.5, 0.6) is 5.75 Å². The van der Waals surface area contributed by atoms with Crippen LogP contribution in [-0.4, -0.2) is 83.7 Å². The molecule has 3 heterocycles. The Balaban J connectivity index is 1.33. The van der Waals surface area contributed by atoms with E-state index in [1.807, 2.05) is 0 Å². The van der Waals surface area contributed by atoms with Gasteiger partial charge in [0.25, 0.3) is 0 Å². The topological polar surface area (TPSA) is 65.1 Å². The van der Waals surface area contributed by atoms with E-state index in [4.69, 9.17) is 0 Å². The van der Waals surface area contributed by atoms with Crippen molar-refractivity contribution in [2.75, 3.05) is 33.2 Å². The van der Waals surface area contributed by atoms with Crippen molar-refractivity contribution < 1.29 is 27.5 Å². The van der Waals surface area contributed by atoms with Gasteiger partial charge >= 0.3 is 6.36 Å². The largest absolute Gasteiger partial charge is 0.573 e. The van der Waals surface area contributed by atoms with Gasteiger partial charge in [-0.1, -0.05) is 32.9 Å². The summed E-state index contributed by atoms with van der Waals surface area (Å²) in [7, 11) is 2.07. The lowest BCUT2D eigenvalue weighted by molar-refractivity contribution is -0.274. The zero-order valence-electron chi connectivity index (χ0n) is 21.5. The minimum absolute atomic E-state index is 0.0405. The molecule has 3 fully saturated rings. The first-order chi connectivity index (χ1) is 16.7. The lowest BCUT2D eigenvalue weighted by atomic mass is 9.84. The predicted octanol–water partition coefficient (Wildman–Crippen LogP) is 3.39. The third kappa shape index (κ3) is 6.51. The molecule has 7 nitrogen and oxygen atoms in total. The average molecular weight is 511 g/mol. The number of ether oxygens (including phenoxy) is 1. The SMILES string of the molecule is CN(CC(C)(C)C)[C@H]1C[C@H]2C(=O)NC3(CCN(Cc4ccc(OC(F)(F)F)cc4)CC3)CC(=O)N2C1. The summed E-state index contributed by atoms with van der Waals surface area (Å²) in [5, 5.41) is 3.25. The molecule has 10 heteroatoms. The van der Waals surface area contributed by atoms with E-state index in [1.165, 1.54) is 12.1 Å². The molecular formula is C26H37F3N4O3. The van der Waals surface area contributed by atoms with Crippen LogP contribution in [0.2, 0.25) is 0 Å². The fraction of sp³-hybridized carbons (Fsp3) is 0.692. The summed E-state index contributed by atoms with van der Waals surface area (Å²) < 4.78 is 41.0. The molecule has 0 unspecified atom stereocenters. The zero-order chi connectivity index (χ0) is 26.3. The fourth-order valence-corrected chi connectivity index (χ4v) is 5.81. The van der Waals surface area contributed by atoms with Gasteiger partial charge in [-0.15, -0.1) is 13.2 Å². The van der Waals surface area contributed by atoms with E-state index in [0.29, 0.717) is 51.9 Å². The van der Waals surface area contributed by atoms with E-state index in [-0.39, 0.29) is 29.0 Å². The minimum atomic E-state index is -4.71. The van der Waals surface area contributed by atoms with Crippen molar-refractivity contribution in [3.05, 3.63) is 29.8 Å². The highest BCUT2D eigenvalue weighted by molar-refractivity contribution is 5.92. The van der Waals surface area contributed by atoms with Gasteiger partial charge in [0.1, 0.15) is 11.8 Å². The number of hydrogen-bond donors (Lipinski definition) is 1. The van der Waals surface area contributed by atoms with Crippen LogP contribution in [0.1, 0.15) is 52.0 Å². The van der Waals surface area contributed by atoms with Gasteiger partial charge in [0, 0.05) is 38.8 Å². The van der Waals surface area contributed by atoms with E-state index in [1.54, 1.807) is 17.0 Å². The average Bonchev–Trinajstić information content (AvgIpc) is 3.18. The summed E-state index contributed by atoms with van der Waals surface area (Å²) in [6, 6.07) is 5.65. The van der Waals surface area contributed by atoms with Crippen molar-refractivity contribution in [2.24, 2.45) is 5.41 Å². The van der Waals surface area contributed by atoms with Gasteiger partial charge in [0.2, 0.25) is 11.8 Å². The molecular weight excluding hydrogens is 473 g/mol. The number of amides is 2.